The molecule has 6 nitrogen and oxygen atoms in total. The van der Waals surface area contributed by atoms with Gasteiger partial charge in [-0.2, -0.15) is 0 Å². The summed E-state index contributed by atoms with van der Waals surface area (Å²) in [5.41, 5.74) is 2.01. The Bertz CT molecular complexity index is 641. The molecule has 1 unspecified atom stereocenters. The fraction of sp³-hybridized carbons (Fsp3) is 0.533. The zero-order valence-electron chi connectivity index (χ0n) is 12.5. The van der Waals surface area contributed by atoms with Crippen LogP contribution in [0, 0.1) is 0 Å². The van der Waals surface area contributed by atoms with Gasteiger partial charge in [-0.05, 0) is 30.0 Å². The number of carbonyl (C=O) groups is 1. The first-order chi connectivity index (χ1) is 10.4. The van der Waals surface area contributed by atoms with Crippen molar-refractivity contribution in [1.82, 2.24) is 4.72 Å². The summed E-state index contributed by atoms with van der Waals surface area (Å²) in [5, 5.41) is 9.02. The van der Waals surface area contributed by atoms with Crippen LogP contribution in [0.2, 0.25) is 0 Å². The number of nitrogens with one attached hydrogen (secondary N) is 1. The molecule has 2 N–H and O–H groups in total. The second-order valence-corrected chi connectivity index (χ2v) is 7.28. The van der Waals surface area contributed by atoms with Crippen molar-refractivity contribution in [3.8, 4) is 5.75 Å². The zero-order valence-corrected chi connectivity index (χ0v) is 13.4. The van der Waals surface area contributed by atoms with Gasteiger partial charge >= 0.3 is 5.97 Å². The van der Waals surface area contributed by atoms with Crippen LogP contribution in [0.4, 0.5) is 0 Å². The number of benzene rings is 1. The minimum absolute atomic E-state index is 0.125. The Balaban J connectivity index is 1.96. The molecule has 0 amide bonds. The summed E-state index contributed by atoms with van der Waals surface area (Å²) in [6.45, 7) is 2.48. The molecular formula is C15H21NO5S. The predicted octanol–water partition coefficient (Wildman–Crippen LogP) is 1.34. The van der Waals surface area contributed by atoms with E-state index in [1.165, 1.54) is 0 Å². The van der Waals surface area contributed by atoms with Crippen LogP contribution in [0.5, 0.6) is 5.75 Å². The first-order valence-electron chi connectivity index (χ1n) is 7.38. The molecular weight excluding hydrogens is 306 g/mol. The van der Waals surface area contributed by atoms with Crippen LogP contribution in [0.3, 0.4) is 0 Å². The summed E-state index contributed by atoms with van der Waals surface area (Å²) in [5.74, 6) is -0.404. The van der Waals surface area contributed by atoms with Gasteiger partial charge in [-0.15, -0.1) is 0 Å². The Kier molecular flexibility index (Phi) is 5.42. The molecule has 0 fully saturated rings. The molecule has 2 rings (SSSR count). The van der Waals surface area contributed by atoms with Gasteiger partial charge in [-0.1, -0.05) is 25.5 Å². The molecule has 7 heteroatoms. The van der Waals surface area contributed by atoms with Crippen molar-refractivity contribution in [3.63, 3.8) is 0 Å². The number of aryl methyl sites for hydroxylation is 1. The molecule has 1 aromatic rings. The van der Waals surface area contributed by atoms with E-state index in [4.69, 9.17) is 9.84 Å². The number of carboxylic acid groups (broad SMARTS) is 1. The number of hydrogen-bond donors (Lipinski definition) is 2. The number of hydrogen-bond acceptors (Lipinski definition) is 4. The van der Waals surface area contributed by atoms with E-state index < -0.39 is 22.0 Å². The molecule has 1 aliphatic heterocycles. The molecule has 1 aliphatic rings. The van der Waals surface area contributed by atoms with Gasteiger partial charge in [0.25, 0.3) is 0 Å². The Labute approximate surface area is 130 Å². The lowest BCUT2D eigenvalue weighted by Crippen LogP contribution is -2.42. The van der Waals surface area contributed by atoms with Gasteiger partial charge < -0.3 is 9.84 Å². The third-order valence-electron chi connectivity index (χ3n) is 3.61. The van der Waals surface area contributed by atoms with Gasteiger partial charge in [-0.25, -0.2) is 13.1 Å². The maximum Gasteiger partial charge on any atom is 0.321 e. The number of rotatable bonds is 8. The molecule has 0 radical (unpaired) electrons. The number of fused-ring (bicyclic) bond motifs is 1. The molecule has 0 aromatic heterocycles. The predicted molar refractivity (Wildman–Crippen MR) is 82.6 cm³/mol. The van der Waals surface area contributed by atoms with Crippen molar-refractivity contribution in [2.24, 2.45) is 0 Å². The van der Waals surface area contributed by atoms with E-state index in [0.29, 0.717) is 19.4 Å². The number of ether oxygens (including phenoxy) is 1. The molecule has 1 atom stereocenters. The number of sulfonamides is 1. The first kappa shape index (κ1) is 16.8. The van der Waals surface area contributed by atoms with Crippen LogP contribution in [0.15, 0.2) is 18.2 Å². The maximum absolute atomic E-state index is 12.0. The van der Waals surface area contributed by atoms with Crippen LogP contribution in [-0.4, -0.2) is 37.9 Å². The largest absolute Gasteiger partial charge is 0.493 e. The Morgan fingerprint density at radius 1 is 1.45 bits per heavy atom. The highest BCUT2D eigenvalue weighted by Crippen LogP contribution is 2.26. The van der Waals surface area contributed by atoms with Gasteiger partial charge in [0.05, 0.1) is 12.4 Å². The molecule has 0 saturated heterocycles. The molecule has 122 valence electrons. The van der Waals surface area contributed by atoms with Crippen molar-refractivity contribution in [3.05, 3.63) is 29.3 Å². The lowest BCUT2D eigenvalue weighted by atomic mass is 10.1. The van der Waals surface area contributed by atoms with E-state index in [-0.39, 0.29) is 12.2 Å². The first-order valence-corrected chi connectivity index (χ1v) is 9.04. The summed E-state index contributed by atoms with van der Waals surface area (Å²) >= 11 is 0. The van der Waals surface area contributed by atoms with E-state index >= 15 is 0 Å². The summed E-state index contributed by atoms with van der Waals surface area (Å²) in [4.78, 5) is 11.0. The van der Waals surface area contributed by atoms with Gasteiger partial charge in [0, 0.05) is 6.42 Å². The Morgan fingerprint density at radius 3 is 2.91 bits per heavy atom. The van der Waals surface area contributed by atoms with E-state index in [1.807, 2.05) is 25.1 Å². The minimum Gasteiger partial charge on any atom is -0.493 e. The van der Waals surface area contributed by atoms with Gasteiger partial charge in [0.15, 0.2) is 0 Å². The Morgan fingerprint density at radius 2 is 2.23 bits per heavy atom. The van der Waals surface area contributed by atoms with Crippen molar-refractivity contribution in [1.29, 1.82) is 0 Å². The van der Waals surface area contributed by atoms with E-state index in [1.54, 1.807) is 0 Å². The normalized spacial score (nSPS) is 15.1. The maximum atomic E-state index is 12.0. The van der Waals surface area contributed by atoms with Crippen LogP contribution >= 0.6 is 0 Å². The highest BCUT2D eigenvalue weighted by molar-refractivity contribution is 7.89. The molecule has 1 heterocycles. The lowest BCUT2D eigenvalue weighted by Gasteiger charge is -2.14. The average Bonchev–Trinajstić information content (AvgIpc) is 2.92. The number of carboxylic acids is 1. The molecule has 0 saturated carbocycles. The Hall–Kier alpha value is -1.60. The van der Waals surface area contributed by atoms with Gasteiger partial charge in [0.2, 0.25) is 10.0 Å². The second-order valence-electron chi connectivity index (χ2n) is 5.41. The van der Waals surface area contributed by atoms with E-state index in [9.17, 15) is 13.2 Å². The lowest BCUT2D eigenvalue weighted by molar-refractivity contribution is -0.139. The van der Waals surface area contributed by atoms with E-state index in [2.05, 4.69) is 4.72 Å². The molecule has 1 aromatic carbocycles. The van der Waals surface area contributed by atoms with Crippen molar-refractivity contribution >= 4 is 16.0 Å². The minimum atomic E-state index is -3.62. The third kappa shape index (κ3) is 4.45. The molecule has 0 bridgehead atoms. The summed E-state index contributed by atoms with van der Waals surface area (Å²) in [7, 11) is -3.62. The van der Waals surface area contributed by atoms with Gasteiger partial charge in [-0.3, -0.25) is 4.79 Å². The molecule has 0 aliphatic carbocycles. The summed E-state index contributed by atoms with van der Waals surface area (Å²) in [6, 6.07) is 4.61. The highest BCUT2D eigenvalue weighted by Gasteiger charge is 2.23. The highest BCUT2D eigenvalue weighted by atomic mass is 32.2. The quantitative estimate of drug-likeness (QED) is 0.751. The second kappa shape index (κ2) is 7.11. The van der Waals surface area contributed by atoms with Gasteiger partial charge in [0.1, 0.15) is 11.8 Å². The summed E-state index contributed by atoms with van der Waals surface area (Å²) < 4.78 is 31.7. The van der Waals surface area contributed by atoms with Crippen molar-refractivity contribution < 1.29 is 23.1 Å². The monoisotopic (exact) mass is 327 g/mol. The fourth-order valence-electron chi connectivity index (χ4n) is 2.44. The smallest absolute Gasteiger partial charge is 0.321 e. The van der Waals surface area contributed by atoms with E-state index in [0.717, 1.165) is 23.3 Å². The van der Waals surface area contributed by atoms with Crippen molar-refractivity contribution in [2.75, 3.05) is 12.4 Å². The topological polar surface area (TPSA) is 92.7 Å². The van der Waals surface area contributed by atoms with Crippen LogP contribution in [0.1, 0.15) is 30.9 Å². The SMILES string of the molecule is CCCC(NS(=O)(=O)CCc1ccc2c(c1)CCO2)C(=O)O. The number of aliphatic carboxylic acids is 1. The van der Waals surface area contributed by atoms with Crippen LogP contribution in [0.25, 0.3) is 0 Å². The van der Waals surface area contributed by atoms with Crippen molar-refractivity contribution in [2.45, 2.75) is 38.6 Å². The van der Waals surface area contributed by atoms with Crippen LogP contribution < -0.4 is 9.46 Å². The molecule has 0 spiro atoms. The van der Waals surface area contributed by atoms with Crippen LogP contribution in [-0.2, 0) is 27.7 Å². The fourth-order valence-corrected chi connectivity index (χ4v) is 3.72. The standard InChI is InChI=1S/C15H21NO5S/c1-2-3-13(15(17)18)16-22(19,20)9-7-11-4-5-14-12(10-11)6-8-21-14/h4-5,10,13,16H,2-3,6-9H2,1H3,(H,17,18). The zero-order chi connectivity index (χ0) is 16.2. The molecule has 22 heavy (non-hydrogen) atoms. The third-order valence-corrected chi connectivity index (χ3v) is 5.00. The summed E-state index contributed by atoms with van der Waals surface area (Å²) in [6.07, 6.45) is 2.07. The average molecular weight is 327 g/mol.